The maximum Gasteiger partial charge on any atom is 0.0660 e. The molecule has 13 heavy (non-hydrogen) atoms. The van der Waals surface area contributed by atoms with Crippen molar-refractivity contribution in [3.8, 4) is 0 Å². The summed E-state index contributed by atoms with van der Waals surface area (Å²) in [5.41, 5.74) is -0.356. The predicted molar refractivity (Wildman–Crippen MR) is 60.2 cm³/mol. The lowest BCUT2D eigenvalue weighted by Crippen LogP contribution is -2.38. The van der Waals surface area contributed by atoms with E-state index in [-0.39, 0.29) is 10.3 Å². The van der Waals surface area contributed by atoms with E-state index in [4.69, 9.17) is 0 Å². The molecule has 1 nitrogen and oxygen atoms in total. The van der Waals surface area contributed by atoms with Gasteiger partial charge in [0.05, 0.1) is 5.60 Å². The normalized spacial score (nSPS) is 23.1. The van der Waals surface area contributed by atoms with Gasteiger partial charge in [-0.15, -0.1) is 0 Å². The smallest absolute Gasteiger partial charge is 0.0660 e. The minimum atomic E-state index is -0.356. The van der Waals surface area contributed by atoms with E-state index < -0.39 is 0 Å². The fraction of sp³-hybridized carbons (Fsp3) is 1.00. The molecule has 0 heterocycles. The highest BCUT2D eigenvalue weighted by atomic mass is 32.2. The Morgan fingerprint density at radius 1 is 1.23 bits per heavy atom. The maximum atomic E-state index is 10.3. The van der Waals surface area contributed by atoms with Crippen molar-refractivity contribution in [3.05, 3.63) is 0 Å². The molecule has 0 atom stereocenters. The lowest BCUT2D eigenvalue weighted by Gasteiger charge is -2.38. The topological polar surface area (TPSA) is 20.2 Å². The van der Waals surface area contributed by atoms with Gasteiger partial charge in [-0.25, -0.2) is 0 Å². The molecule has 1 rings (SSSR count). The van der Waals surface area contributed by atoms with Crippen LogP contribution in [-0.4, -0.2) is 21.7 Å². The monoisotopic (exact) mass is 202 g/mol. The Labute approximate surface area is 86.3 Å². The molecule has 0 aromatic rings. The van der Waals surface area contributed by atoms with Crippen molar-refractivity contribution < 1.29 is 5.11 Å². The van der Waals surface area contributed by atoms with E-state index in [0.717, 1.165) is 19.3 Å². The van der Waals surface area contributed by atoms with E-state index in [0.29, 0.717) is 0 Å². The van der Waals surface area contributed by atoms with E-state index in [1.165, 1.54) is 19.3 Å². The highest BCUT2D eigenvalue weighted by Gasteiger charge is 2.34. The SMILES string of the molecule is CSC(C)(C)CC1(O)CCCCC1. The molecule has 1 saturated carbocycles. The second kappa shape index (κ2) is 4.22. The second-order valence-corrected chi connectivity index (χ2v) is 6.44. The summed E-state index contributed by atoms with van der Waals surface area (Å²) in [6.07, 6.45) is 8.82. The molecule has 0 bridgehead atoms. The highest BCUT2D eigenvalue weighted by Crippen LogP contribution is 2.38. The van der Waals surface area contributed by atoms with Gasteiger partial charge in [0.25, 0.3) is 0 Å². The fourth-order valence-electron chi connectivity index (χ4n) is 2.25. The zero-order valence-electron chi connectivity index (χ0n) is 9.10. The molecule has 0 unspecified atom stereocenters. The summed E-state index contributed by atoms with van der Waals surface area (Å²) in [5.74, 6) is 0. The molecule has 1 fully saturated rings. The van der Waals surface area contributed by atoms with Gasteiger partial charge in [0.15, 0.2) is 0 Å². The average Bonchev–Trinajstić information content (AvgIpc) is 2.04. The summed E-state index contributed by atoms with van der Waals surface area (Å²) < 4.78 is 0.228. The quantitative estimate of drug-likeness (QED) is 0.758. The summed E-state index contributed by atoms with van der Waals surface area (Å²) in [7, 11) is 0. The van der Waals surface area contributed by atoms with Crippen molar-refractivity contribution in [2.45, 2.75) is 62.7 Å². The lowest BCUT2D eigenvalue weighted by atomic mass is 9.79. The lowest BCUT2D eigenvalue weighted by molar-refractivity contribution is -0.00986. The van der Waals surface area contributed by atoms with Crippen LogP contribution < -0.4 is 0 Å². The Morgan fingerprint density at radius 3 is 2.23 bits per heavy atom. The summed E-state index contributed by atoms with van der Waals surface area (Å²) in [4.78, 5) is 0. The molecule has 1 N–H and O–H groups in total. The van der Waals surface area contributed by atoms with Crippen LogP contribution >= 0.6 is 11.8 Å². The summed E-state index contributed by atoms with van der Waals surface area (Å²) >= 11 is 1.86. The number of hydrogen-bond donors (Lipinski definition) is 1. The first-order valence-corrected chi connectivity index (χ1v) is 6.47. The van der Waals surface area contributed by atoms with Crippen LogP contribution in [0.4, 0.5) is 0 Å². The minimum Gasteiger partial charge on any atom is -0.390 e. The van der Waals surface area contributed by atoms with Gasteiger partial charge >= 0.3 is 0 Å². The van der Waals surface area contributed by atoms with Crippen molar-refractivity contribution in [1.29, 1.82) is 0 Å². The molecule has 0 saturated heterocycles. The van der Waals surface area contributed by atoms with Crippen LogP contribution in [0.2, 0.25) is 0 Å². The zero-order chi connectivity index (χ0) is 9.95. The van der Waals surface area contributed by atoms with E-state index in [2.05, 4.69) is 20.1 Å². The maximum absolute atomic E-state index is 10.3. The molecule has 0 radical (unpaired) electrons. The largest absolute Gasteiger partial charge is 0.390 e. The van der Waals surface area contributed by atoms with Crippen LogP contribution in [0.15, 0.2) is 0 Å². The summed E-state index contributed by atoms with van der Waals surface area (Å²) in [5, 5.41) is 10.3. The molecule has 0 aromatic heterocycles. The molecular weight excluding hydrogens is 180 g/mol. The molecule has 1 aliphatic carbocycles. The Balaban J connectivity index is 2.49. The minimum absolute atomic E-state index is 0.228. The molecule has 0 aromatic carbocycles. The van der Waals surface area contributed by atoms with Crippen LogP contribution in [-0.2, 0) is 0 Å². The Hall–Kier alpha value is 0.310. The third kappa shape index (κ3) is 3.51. The third-order valence-electron chi connectivity index (χ3n) is 3.09. The Morgan fingerprint density at radius 2 is 1.77 bits per heavy atom. The van der Waals surface area contributed by atoms with Gasteiger partial charge in [0, 0.05) is 4.75 Å². The van der Waals surface area contributed by atoms with Gasteiger partial charge in [-0.1, -0.05) is 33.1 Å². The van der Waals surface area contributed by atoms with Gasteiger partial charge in [-0.2, -0.15) is 11.8 Å². The first kappa shape index (κ1) is 11.4. The first-order chi connectivity index (χ1) is 5.97. The molecule has 2 heteroatoms. The number of aliphatic hydroxyl groups is 1. The molecule has 0 spiro atoms. The van der Waals surface area contributed by atoms with E-state index in [9.17, 15) is 5.11 Å². The summed E-state index contributed by atoms with van der Waals surface area (Å²) in [6, 6.07) is 0. The van der Waals surface area contributed by atoms with Crippen LogP contribution in [0.1, 0.15) is 52.4 Å². The van der Waals surface area contributed by atoms with Crippen molar-refractivity contribution in [2.24, 2.45) is 0 Å². The number of rotatable bonds is 3. The van der Waals surface area contributed by atoms with Crippen molar-refractivity contribution >= 4 is 11.8 Å². The van der Waals surface area contributed by atoms with E-state index in [1.54, 1.807) is 0 Å². The van der Waals surface area contributed by atoms with Gasteiger partial charge in [-0.05, 0) is 25.5 Å². The van der Waals surface area contributed by atoms with Gasteiger partial charge < -0.3 is 5.11 Å². The molecule has 0 aliphatic heterocycles. The highest BCUT2D eigenvalue weighted by molar-refractivity contribution is 7.99. The van der Waals surface area contributed by atoms with Gasteiger partial charge in [0.2, 0.25) is 0 Å². The summed E-state index contributed by atoms with van der Waals surface area (Å²) in [6.45, 7) is 4.45. The molecular formula is C11H22OS. The predicted octanol–water partition coefficient (Wildman–Crippen LogP) is 3.21. The van der Waals surface area contributed by atoms with Crippen molar-refractivity contribution in [3.63, 3.8) is 0 Å². The fourth-order valence-corrected chi connectivity index (χ4v) is 2.66. The van der Waals surface area contributed by atoms with Crippen LogP contribution in [0.5, 0.6) is 0 Å². The van der Waals surface area contributed by atoms with Crippen molar-refractivity contribution in [1.82, 2.24) is 0 Å². The van der Waals surface area contributed by atoms with Gasteiger partial charge in [-0.3, -0.25) is 0 Å². The standard InChI is InChI=1S/C11H22OS/c1-10(2,13-3)9-11(12)7-5-4-6-8-11/h12H,4-9H2,1-3H3. The van der Waals surface area contributed by atoms with Crippen LogP contribution in [0.3, 0.4) is 0 Å². The first-order valence-electron chi connectivity index (χ1n) is 5.25. The molecule has 78 valence electrons. The van der Waals surface area contributed by atoms with E-state index >= 15 is 0 Å². The second-order valence-electron chi connectivity index (χ2n) is 4.93. The Bertz CT molecular complexity index is 159. The van der Waals surface area contributed by atoms with E-state index in [1.807, 2.05) is 11.8 Å². The molecule has 1 aliphatic rings. The number of hydrogen-bond acceptors (Lipinski definition) is 2. The Kier molecular flexibility index (Phi) is 3.70. The number of thioether (sulfide) groups is 1. The van der Waals surface area contributed by atoms with Crippen LogP contribution in [0.25, 0.3) is 0 Å². The molecule has 0 amide bonds. The average molecular weight is 202 g/mol. The van der Waals surface area contributed by atoms with Crippen LogP contribution in [0, 0.1) is 0 Å². The van der Waals surface area contributed by atoms with Gasteiger partial charge in [0.1, 0.15) is 0 Å². The zero-order valence-corrected chi connectivity index (χ0v) is 9.91. The third-order valence-corrected chi connectivity index (χ3v) is 4.34. The van der Waals surface area contributed by atoms with Crippen molar-refractivity contribution in [2.75, 3.05) is 6.26 Å².